The molecule has 0 bridgehead atoms. The van der Waals surface area contributed by atoms with Crippen molar-refractivity contribution in [3.05, 3.63) is 76.9 Å². The van der Waals surface area contributed by atoms with Crippen molar-refractivity contribution in [2.75, 3.05) is 43.4 Å². The summed E-state index contributed by atoms with van der Waals surface area (Å²) in [5, 5.41) is 17.0. The van der Waals surface area contributed by atoms with Crippen LogP contribution in [-0.4, -0.2) is 120 Å². The molecule has 392 valence electrons. The number of nitrogens with two attached hydrogens (primary N) is 1. The Morgan fingerprint density at radius 3 is 2.43 bits per heavy atom. The quantitative estimate of drug-likeness (QED) is 0.0138. The number of unbranched alkanes of at least 4 members (excludes halogenated alkanes) is 2. The Bertz CT molecular complexity index is 3130. The number of ether oxygens (including phenoxy) is 2. The number of aromatic nitrogens is 5. The number of phosphoric acid groups is 1. The monoisotopic (exact) mass is 1090 g/mol. The molecule has 1 aromatic carbocycles. The maximum Gasteiger partial charge on any atom is 0.480 e. The van der Waals surface area contributed by atoms with Gasteiger partial charge in [-0.3, -0.25) is 18.4 Å². The molecule has 4 aromatic heterocycles. The molecule has 6 atom stereocenters. The maximum atomic E-state index is 12.9. The van der Waals surface area contributed by atoms with Gasteiger partial charge in [0.25, 0.3) is 10.1 Å². The zero-order chi connectivity index (χ0) is 52.6. The van der Waals surface area contributed by atoms with Crippen LogP contribution in [0.5, 0.6) is 0 Å². The van der Waals surface area contributed by atoms with Crippen molar-refractivity contribution >= 4 is 91.2 Å². The number of amides is 2. The van der Waals surface area contributed by atoms with Crippen LogP contribution in [0, 0.1) is 0 Å². The average Bonchev–Trinajstić information content (AvgIpc) is 3.86. The Hall–Kier alpha value is -5.55. The van der Waals surface area contributed by atoms with Crippen LogP contribution in [0.4, 0.5) is 16.3 Å². The largest absolute Gasteiger partial charge is 0.480 e. The van der Waals surface area contributed by atoms with E-state index in [4.69, 9.17) is 33.9 Å². The first-order valence-electron chi connectivity index (χ1n) is 21.7. The van der Waals surface area contributed by atoms with E-state index in [1.807, 2.05) is 26.0 Å². The number of hydrogen-bond acceptors (Lipinski definition) is 19. The molecule has 1 aliphatic heterocycles. The number of anilines is 2. The minimum absolute atomic E-state index is 0.0392. The fourth-order valence-electron chi connectivity index (χ4n) is 7.39. The number of nitrogen functional groups attached to an aromatic ring is 1. The Balaban J connectivity index is 0.996. The lowest BCUT2D eigenvalue weighted by Gasteiger charge is -2.22. The third-order valence-electron chi connectivity index (χ3n) is 10.7. The number of nitrogens with zero attached hydrogens (tertiary/aromatic N) is 6. The highest BCUT2D eigenvalue weighted by Gasteiger charge is 2.49. The Labute approximate surface area is 409 Å². The molecule has 5 aromatic rings. The van der Waals surface area contributed by atoms with Crippen molar-refractivity contribution in [1.29, 1.82) is 0 Å². The second-order valence-corrected chi connectivity index (χ2v) is 22.0. The minimum Gasteiger partial charge on any atom is -0.440 e. The van der Waals surface area contributed by atoms with Gasteiger partial charge in [0.15, 0.2) is 34.9 Å². The summed E-state index contributed by atoms with van der Waals surface area (Å²) in [6, 6.07) is 10.00. The number of hydrogen-bond donors (Lipinski definition) is 10. The smallest absolute Gasteiger partial charge is 0.440 e. The number of pyridine rings is 1. The first kappa shape index (κ1) is 55.8. The maximum absolute atomic E-state index is 12.9. The zero-order valence-electron chi connectivity index (χ0n) is 38.2. The molecule has 0 radical (unpaired) electrons. The number of phosphoric ester groups is 1. The molecule has 72 heavy (non-hydrogen) atoms. The number of fused-ring (bicyclic) bond motifs is 2. The van der Waals surface area contributed by atoms with Gasteiger partial charge in [-0.15, -0.1) is 4.86 Å². The van der Waals surface area contributed by atoms with Gasteiger partial charge in [-0.2, -0.15) is 17.3 Å². The average molecular weight is 1090 g/mol. The molecule has 2 unspecified atom stereocenters. The zero-order valence-corrected chi connectivity index (χ0v) is 41.7. The van der Waals surface area contributed by atoms with Crippen molar-refractivity contribution in [2.45, 2.75) is 75.5 Å². The molecule has 1 fully saturated rings. The molecule has 1 aliphatic rings. The second kappa shape index (κ2) is 23.5. The van der Waals surface area contributed by atoms with Crippen molar-refractivity contribution in [2.24, 2.45) is 0 Å². The number of aryl methyl sites for hydroxylation is 1. The predicted molar refractivity (Wildman–Crippen MR) is 253 cm³/mol. The van der Waals surface area contributed by atoms with Gasteiger partial charge in [-0.1, -0.05) is 0 Å². The van der Waals surface area contributed by atoms with Gasteiger partial charge >= 0.3 is 35.0 Å². The normalized spacial score (nSPS) is 19.1. The Morgan fingerprint density at radius 2 is 1.72 bits per heavy atom. The van der Waals surface area contributed by atoms with E-state index in [1.165, 1.54) is 22.9 Å². The third-order valence-corrected chi connectivity index (χ3v) is 15.8. The summed E-state index contributed by atoms with van der Waals surface area (Å²) < 4.78 is 97.5. The molecule has 5 heterocycles. The summed E-state index contributed by atoms with van der Waals surface area (Å²) in [4.78, 5) is 90.6. The standard InChI is InChI=1S/C39H51N10O19P3S/c1-3-47(4-2)27-12-9-24-18-25(38(52)66-29(24)19-27)10-11-26-13-14-28(72(61,62)63)20-48(26)17-7-5-6-8-31(50)41-15-16-42-39(53)67-34-30(21-64-71(59,60)68-70(57,58)46-69(54,55)56)65-37(33(34)51)49-23-45-32-35(40)43-22-44-36(32)49/h9-14,18-20,22-23,30,33-34,37,51H,3-8,15-17,21H2,1-2H3,(H9-,40,41,42,43,44,46,50,53,54,55,56,57,58,59,60,61,62,63)/p+1/t30-,33-,34-,37-/m1/s1. The highest BCUT2D eigenvalue weighted by Crippen LogP contribution is 2.61. The van der Waals surface area contributed by atoms with Crippen LogP contribution >= 0.6 is 23.3 Å². The number of nitrogens with one attached hydrogen (secondary N) is 3. The van der Waals surface area contributed by atoms with Crippen molar-refractivity contribution in [3.8, 4) is 0 Å². The van der Waals surface area contributed by atoms with E-state index >= 15 is 0 Å². The molecule has 11 N–H and O–H groups in total. The number of aliphatic hydroxyl groups excluding tert-OH is 1. The van der Waals surface area contributed by atoms with Crippen LogP contribution in [0.1, 0.15) is 57.0 Å². The third kappa shape index (κ3) is 15.0. The molecular weight excluding hydrogens is 1040 g/mol. The number of imidazole rings is 1. The summed E-state index contributed by atoms with van der Waals surface area (Å²) in [5.74, 6) is -0.424. The van der Waals surface area contributed by atoms with Crippen molar-refractivity contribution in [1.82, 2.24) is 35.0 Å². The summed E-state index contributed by atoms with van der Waals surface area (Å²) in [5.41, 5.74) is 7.52. The first-order chi connectivity index (χ1) is 33.9. The topological polar surface area (TPSA) is 421 Å². The van der Waals surface area contributed by atoms with Gasteiger partial charge in [-0.05, 0) is 57.0 Å². The van der Waals surface area contributed by atoms with Crippen LogP contribution in [0.15, 0.2) is 69.4 Å². The molecule has 0 saturated carbocycles. The molecule has 0 spiro atoms. The molecule has 33 heteroatoms. The number of rotatable bonds is 24. The highest BCUT2D eigenvalue weighted by molar-refractivity contribution is 7.85. The highest BCUT2D eigenvalue weighted by atomic mass is 32.2. The van der Waals surface area contributed by atoms with E-state index in [9.17, 15) is 55.9 Å². The van der Waals surface area contributed by atoms with Gasteiger partial charge in [0.05, 0.1) is 18.5 Å². The lowest BCUT2D eigenvalue weighted by Crippen LogP contribution is -2.42. The van der Waals surface area contributed by atoms with Crippen LogP contribution in [0.2, 0.25) is 0 Å². The predicted octanol–water partition coefficient (Wildman–Crippen LogP) is 1.71. The van der Waals surface area contributed by atoms with Crippen LogP contribution in [0.3, 0.4) is 0 Å². The van der Waals surface area contributed by atoms with Gasteiger partial charge in [0.1, 0.15) is 36.2 Å². The van der Waals surface area contributed by atoms with E-state index in [-0.39, 0.29) is 59.4 Å². The van der Waals surface area contributed by atoms with E-state index in [1.54, 1.807) is 28.9 Å². The summed E-state index contributed by atoms with van der Waals surface area (Å²) in [6.45, 7) is 4.48. The van der Waals surface area contributed by atoms with E-state index in [0.29, 0.717) is 35.9 Å². The summed E-state index contributed by atoms with van der Waals surface area (Å²) in [7, 11) is -21.3. The van der Waals surface area contributed by atoms with Gasteiger partial charge in [0, 0.05) is 68.3 Å². The first-order valence-corrected chi connectivity index (χ1v) is 27.9. The number of carbonyl (C=O) groups is 2. The van der Waals surface area contributed by atoms with Crippen molar-refractivity contribution < 1.29 is 88.2 Å². The number of aliphatic hydroxyl groups is 1. The SMILES string of the molecule is CCN(CC)c1ccc2cc(/C=C/c3ccc(S(=O)(=O)O)c[n+]3CCCCCC(=O)NCCNC(=O)O[C@H]3[C@@H](O)[C@H](n4cnc5c(N)ncnc54)O[C@@H]3COP(=O)(O)OP(=O)(O)NP(=O)(O)O)c(=O)oc2c1. The lowest BCUT2D eigenvalue weighted by atomic mass is 10.1. The van der Waals surface area contributed by atoms with Crippen molar-refractivity contribution in [3.63, 3.8) is 0 Å². The fourth-order valence-corrected chi connectivity index (χ4v) is 11.3. The van der Waals surface area contributed by atoms with E-state index < -0.39 is 76.3 Å². The molecule has 2 amide bonds. The Morgan fingerprint density at radius 1 is 0.986 bits per heavy atom. The minimum atomic E-state index is -5.65. The second-order valence-electron chi connectivity index (χ2n) is 15.8. The molecule has 29 nitrogen and oxygen atoms in total. The van der Waals surface area contributed by atoms with E-state index in [0.717, 1.165) is 36.3 Å². The lowest BCUT2D eigenvalue weighted by molar-refractivity contribution is -0.700. The molecular formula is C39H52N10O19P3S+. The summed E-state index contributed by atoms with van der Waals surface area (Å²) >= 11 is 0. The van der Waals surface area contributed by atoms with Crippen LogP contribution in [-0.2, 0) is 53.5 Å². The van der Waals surface area contributed by atoms with Gasteiger partial charge < -0.3 is 59.8 Å². The molecule has 0 aliphatic carbocycles. The van der Waals surface area contributed by atoms with Gasteiger partial charge in [-0.25, -0.2) is 38.2 Å². The number of alkyl carbamates (subject to hydrolysis) is 1. The summed E-state index contributed by atoms with van der Waals surface area (Å²) in [6.07, 6.45) is 0.307. The number of carbonyl (C=O) groups excluding carboxylic acids is 2. The van der Waals surface area contributed by atoms with Gasteiger partial charge in [0.2, 0.25) is 11.6 Å². The van der Waals surface area contributed by atoms with Crippen LogP contribution < -0.4 is 36.3 Å². The molecule has 6 rings (SSSR count). The number of benzene rings is 1. The van der Waals surface area contributed by atoms with E-state index in [2.05, 4.69) is 34.8 Å². The fraction of sp³-hybridized carbons (Fsp3) is 0.410. The Kier molecular flexibility index (Phi) is 18.2. The van der Waals surface area contributed by atoms with Crippen LogP contribution in [0.25, 0.3) is 34.3 Å². The molecule has 1 saturated heterocycles.